The van der Waals surface area contributed by atoms with Gasteiger partial charge in [-0.15, -0.1) is 0 Å². The molecule has 5 nitrogen and oxygen atoms in total. The average molecular weight is 287 g/mol. The van der Waals surface area contributed by atoms with E-state index in [9.17, 15) is 4.79 Å². The second kappa shape index (κ2) is 4.24. The van der Waals surface area contributed by atoms with Gasteiger partial charge < -0.3 is 4.90 Å². The van der Waals surface area contributed by atoms with Crippen LogP contribution in [-0.2, 0) is 0 Å². The van der Waals surface area contributed by atoms with Crippen molar-refractivity contribution in [3.63, 3.8) is 0 Å². The lowest BCUT2D eigenvalue weighted by Gasteiger charge is -2.21. The second-order valence-corrected chi connectivity index (χ2v) is 5.48. The van der Waals surface area contributed by atoms with Crippen molar-refractivity contribution in [2.75, 3.05) is 18.5 Å². The summed E-state index contributed by atoms with van der Waals surface area (Å²) in [6, 6.07) is 1.70. The van der Waals surface area contributed by atoms with Crippen LogP contribution in [0.25, 0.3) is 0 Å². The van der Waals surface area contributed by atoms with E-state index in [1.165, 1.54) is 0 Å². The molecule has 2 amide bonds. The number of nitrogens with zero attached hydrogens (tertiary/aromatic N) is 4. The molecule has 1 saturated heterocycles. The minimum atomic E-state index is -0.0577. The van der Waals surface area contributed by atoms with Crippen molar-refractivity contribution in [2.24, 2.45) is 5.92 Å². The van der Waals surface area contributed by atoms with Crippen LogP contribution >= 0.6 is 23.2 Å². The molecule has 1 aliphatic carbocycles. The minimum Gasteiger partial charge on any atom is -0.325 e. The number of halogens is 2. The maximum absolute atomic E-state index is 12.2. The third-order valence-corrected chi connectivity index (χ3v) is 3.75. The van der Waals surface area contributed by atoms with Gasteiger partial charge in [-0.1, -0.05) is 11.6 Å². The molecule has 3 rings (SSSR count). The molecule has 0 aromatic carbocycles. The van der Waals surface area contributed by atoms with Crippen molar-refractivity contribution in [3.8, 4) is 0 Å². The highest BCUT2D eigenvalue weighted by Gasteiger charge is 2.45. The van der Waals surface area contributed by atoms with Gasteiger partial charge in [0.25, 0.3) is 0 Å². The lowest BCUT2D eigenvalue weighted by atomic mass is 10.2. The van der Waals surface area contributed by atoms with E-state index < -0.39 is 0 Å². The molecule has 1 aliphatic heterocycles. The van der Waals surface area contributed by atoms with Crippen LogP contribution in [0.15, 0.2) is 6.07 Å². The maximum atomic E-state index is 12.2. The van der Waals surface area contributed by atoms with Crippen molar-refractivity contribution >= 4 is 35.1 Å². The highest BCUT2D eigenvalue weighted by molar-refractivity contribution is 6.32. The molecular formula is C11H12Cl2N4O. The topological polar surface area (TPSA) is 49.3 Å². The monoisotopic (exact) mass is 286 g/mol. The second-order valence-electron chi connectivity index (χ2n) is 4.76. The van der Waals surface area contributed by atoms with Crippen LogP contribution in [0.1, 0.15) is 12.8 Å². The zero-order valence-corrected chi connectivity index (χ0v) is 11.3. The number of aromatic nitrogens is 2. The molecule has 2 heterocycles. The smallest absolute Gasteiger partial charge is 0.325 e. The zero-order valence-electron chi connectivity index (χ0n) is 9.81. The van der Waals surface area contributed by atoms with Gasteiger partial charge in [0.15, 0.2) is 0 Å². The first-order valence-electron chi connectivity index (χ1n) is 5.80. The number of hydrogen-bond acceptors (Lipinski definition) is 3. The van der Waals surface area contributed by atoms with Gasteiger partial charge in [-0.3, -0.25) is 4.90 Å². The highest BCUT2D eigenvalue weighted by Crippen LogP contribution is 2.40. The number of rotatable bonds is 2. The van der Waals surface area contributed by atoms with E-state index in [4.69, 9.17) is 23.2 Å². The number of likely N-dealkylation sites (N-methyl/N-ethyl adjacent to an activating group) is 1. The van der Waals surface area contributed by atoms with Crippen LogP contribution in [0.3, 0.4) is 0 Å². The number of urea groups is 1. The van der Waals surface area contributed by atoms with Gasteiger partial charge in [0.2, 0.25) is 5.28 Å². The zero-order chi connectivity index (χ0) is 12.9. The van der Waals surface area contributed by atoms with E-state index in [-0.39, 0.29) is 22.5 Å². The molecule has 1 aromatic rings. The molecule has 0 bridgehead atoms. The van der Waals surface area contributed by atoms with Gasteiger partial charge in [-0.2, -0.15) is 0 Å². The van der Waals surface area contributed by atoms with E-state index in [0.717, 1.165) is 19.4 Å². The van der Waals surface area contributed by atoms with E-state index in [1.54, 1.807) is 22.9 Å². The van der Waals surface area contributed by atoms with Crippen LogP contribution in [0, 0.1) is 5.92 Å². The average Bonchev–Trinajstić information content (AvgIpc) is 3.06. The number of carbonyl (C=O) groups excluding carboxylic acids is 1. The quantitative estimate of drug-likeness (QED) is 0.620. The molecule has 7 heteroatoms. The molecule has 96 valence electrons. The summed E-state index contributed by atoms with van der Waals surface area (Å²) in [6.07, 6.45) is 2.32. The fourth-order valence-corrected chi connectivity index (χ4v) is 2.78. The predicted molar refractivity (Wildman–Crippen MR) is 69.1 cm³/mol. The van der Waals surface area contributed by atoms with Crippen LogP contribution in [0.5, 0.6) is 0 Å². The third-order valence-electron chi connectivity index (χ3n) is 3.39. The Morgan fingerprint density at radius 2 is 2.06 bits per heavy atom. The number of anilines is 1. The molecule has 0 spiro atoms. The van der Waals surface area contributed by atoms with Crippen molar-refractivity contribution < 1.29 is 4.79 Å². The van der Waals surface area contributed by atoms with Crippen molar-refractivity contribution in [1.29, 1.82) is 0 Å². The fraction of sp³-hybridized carbons (Fsp3) is 0.545. The van der Waals surface area contributed by atoms with Gasteiger partial charge in [0.05, 0.1) is 6.04 Å². The van der Waals surface area contributed by atoms with E-state index in [0.29, 0.717) is 11.7 Å². The summed E-state index contributed by atoms with van der Waals surface area (Å²) < 4.78 is 0. The Balaban J connectivity index is 1.99. The molecule has 1 atom stereocenters. The third kappa shape index (κ3) is 2.01. The van der Waals surface area contributed by atoms with Crippen LogP contribution < -0.4 is 4.90 Å². The largest absolute Gasteiger partial charge is 0.325 e. The van der Waals surface area contributed by atoms with Crippen molar-refractivity contribution in [1.82, 2.24) is 14.9 Å². The molecule has 0 unspecified atom stereocenters. The molecular weight excluding hydrogens is 275 g/mol. The first-order valence-corrected chi connectivity index (χ1v) is 6.56. The molecule has 2 aliphatic rings. The van der Waals surface area contributed by atoms with Crippen molar-refractivity contribution in [2.45, 2.75) is 18.9 Å². The summed E-state index contributed by atoms with van der Waals surface area (Å²) >= 11 is 11.7. The Morgan fingerprint density at radius 3 is 2.67 bits per heavy atom. The fourth-order valence-electron chi connectivity index (χ4n) is 2.38. The first kappa shape index (κ1) is 12.0. The minimum absolute atomic E-state index is 0.0577. The highest BCUT2D eigenvalue weighted by atomic mass is 35.5. The van der Waals surface area contributed by atoms with Crippen LogP contribution in [0.2, 0.25) is 10.4 Å². The summed E-state index contributed by atoms with van der Waals surface area (Å²) in [5.41, 5.74) is 0. The van der Waals surface area contributed by atoms with Crippen LogP contribution in [0.4, 0.5) is 10.6 Å². The molecule has 18 heavy (non-hydrogen) atoms. The molecule has 1 aromatic heterocycles. The summed E-state index contributed by atoms with van der Waals surface area (Å²) in [4.78, 5) is 23.5. The van der Waals surface area contributed by atoms with Crippen molar-refractivity contribution in [3.05, 3.63) is 16.5 Å². The Morgan fingerprint density at radius 1 is 1.33 bits per heavy atom. The predicted octanol–water partition coefficient (Wildman–Crippen LogP) is 2.43. The Labute approximate surface area is 115 Å². The Kier molecular flexibility index (Phi) is 2.83. The standard InChI is InChI=1S/C11H12Cl2N4O/c1-16-5-7(6-2-3-6)17(11(16)18)9-4-8(12)14-10(13)15-9/h4,6-7H,2-3,5H2,1H3/t7-/m1/s1. The van der Waals surface area contributed by atoms with E-state index >= 15 is 0 Å². The van der Waals surface area contributed by atoms with E-state index in [1.807, 2.05) is 0 Å². The van der Waals surface area contributed by atoms with Gasteiger partial charge in [0.1, 0.15) is 11.0 Å². The molecule has 0 radical (unpaired) electrons. The lowest BCUT2D eigenvalue weighted by molar-refractivity contribution is 0.229. The van der Waals surface area contributed by atoms with Gasteiger partial charge in [-0.05, 0) is 30.4 Å². The summed E-state index contributed by atoms with van der Waals surface area (Å²) in [5, 5.41) is 0.316. The number of amides is 2. The van der Waals surface area contributed by atoms with Gasteiger partial charge in [0, 0.05) is 19.7 Å². The number of hydrogen-bond donors (Lipinski definition) is 0. The number of carbonyl (C=O) groups is 1. The summed E-state index contributed by atoms with van der Waals surface area (Å²) in [6.45, 7) is 0.725. The first-order chi connectivity index (χ1) is 8.56. The maximum Gasteiger partial charge on any atom is 0.325 e. The normalized spacial score (nSPS) is 23.9. The van der Waals surface area contributed by atoms with Gasteiger partial charge >= 0.3 is 6.03 Å². The summed E-state index contributed by atoms with van der Waals surface area (Å²) in [7, 11) is 1.79. The van der Waals surface area contributed by atoms with Gasteiger partial charge in [-0.25, -0.2) is 14.8 Å². The van der Waals surface area contributed by atoms with Crippen LogP contribution in [-0.4, -0.2) is 40.5 Å². The Bertz CT molecular complexity index is 486. The molecule has 1 saturated carbocycles. The molecule has 2 fully saturated rings. The van der Waals surface area contributed by atoms with E-state index in [2.05, 4.69) is 9.97 Å². The lowest BCUT2D eigenvalue weighted by Crippen LogP contribution is -2.36. The Hall–Kier alpha value is -1.07. The molecule has 0 N–H and O–H groups in total. The SMILES string of the molecule is CN1C[C@H](C2CC2)N(c2cc(Cl)nc(Cl)n2)C1=O. The summed E-state index contributed by atoms with van der Waals surface area (Å²) in [5.74, 6) is 1.05.